The van der Waals surface area contributed by atoms with Crippen molar-refractivity contribution in [2.75, 3.05) is 12.0 Å². The number of rotatable bonds is 6. The number of anilines is 1. The number of ether oxygens (including phenoxy) is 2. The summed E-state index contributed by atoms with van der Waals surface area (Å²) in [5.41, 5.74) is 1.33. The highest BCUT2D eigenvalue weighted by Crippen LogP contribution is 2.34. The Kier molecular flexibility index (Phi) is 6.26. The Labute approximate surface area is 170 Å². The number of aromatic nitrogens is 1. The minimum atomic E-state index is -0.365. The lowest BCUT2D eigenvalue weighted by molar-refractivity contribution is -0.116. The third-order valence-electron chi connectivity index (χ3n) is 4.03. The number of methoxy groups -OCH3 is 1. The van der Waals surface area contributed by atoms with Crippen LogP contribution in [0.25, 0.3) is 0 Å². The number of halogens is 2. The van der Waals surface area contributed by atoms with Crippen molar-refractivity contribution in [2.24, 2.45) is 0 Å². The second-order valence-electron chi connectivity index (χ2n) is 5.93. The highest BCUT2D eigenvalue weighted by molar-refractivity contribution is 9.10. The number of nitrogens with zero attached hydrogens (tertiary/aromatic N) is 2. The Morgan fingerprint density at radius 3 is 2.50 bits per heavy atom. The largest absolute Gasteiger partial charge is 0.496 e. The van der Waals surface area contributed by atoms with Gasteiger partial charge in [0.05, 0.1) is 13.7 Å². The van der Waals surface area contributed by atoms with Crippen LogP contribution in [-0.4, -0.2) is 18.0 Å². The first-order valence-electron chi connectivity index (χ1n) is 8.48. The van der Waals surface area contributed by atoms with Crippen LogP contribution in [0.3, 0.4) is 0 Å². The summed E-state index contributed by atoms with van der Waals surface area (Å²) in [7, 11) is 1.58. The van der Waals surface area contributed by atoms with Gasteiger partial charge in [-0.2, -0.15) is 0 Å². The molecule has 7 heteroatoms. The first-order valence-corrected chi connectivity index (χ1v) is 9.27. The van der Waals surface area contributed by atoms with Gasteiger partial charge < -0.3 is 14.4 Å². The second-order valence-corrected chi connectivity index (χ2v) is 6.74. The molecular weight excluding hydrogens is 427 g/mol. The van der Waals surface area contributed by atoms with E-state index < -0.39 is 0 Å². The molecule has 1 amide bonds. The monoisotopic (exact) mass is 444 g/mol. The molecule has 3 rings (SSSR count). The van der Waals surface area contributed by atoms with Crippen molar-refractivity contribution in [1.82, 2.24) is 4.98 Å². The number of carbonyl (C=O) groups excluding carboxylic acids is 1. The quantitative estimate of drug-likeness (QED) is 0.481. The molecule has 0 aliphatic heterocycles. The molecule has 0 saturated carbocycles. The summed E-state index contributed by atoms with van der Waals surface area (Å²) in [5, 5.41) is 0. The fraction of sp³-hybridized carbons (Fsp3) is 0.143. The molecule has 0 N–H and O–H groups in total. The summed E-state index contributed by atoms with van der Waals surface area (Å²) >= 11 is 3.32. The van der Waals surface area contributed by atoms with Gasteiger partial charge in [0, 0.05) is 12.5 Å². The van der Waals surface area contributed by atoms with E-state index in [1.165, 1.54) is 31.2 Å². The Bertz CT molecular complexity index is 980. The molecular formula is C21H18BrFN2O3. The van der Waals surface area contributed by atoms with E-state index >= 15 is 0 Å². The SMILES string of the molecule is COc1ccccc1CN(C(C)=O)c1ccc(Br)nc1Oc1ccc(F)cc1. The van der Waals surface area contributed by atoms with Gasteiger partial charge in [-0.1, -0.05) is 18.2 Å². The van der Waals surface area contributed by atoms with Crippen LogP contribution in [0.2, 0.25) is 0 Å². The minimum absolute atomic E-state index is 0.181. The highest BCUT2D eigenvalue weighted by Gasteiger charge is 2.20. The maximum atomic E-state index is 13.2. The zero-order valence-corrected chi connectivity index (χ0v) is 16.9. The zero-order chi connectivity index (χ0) is 20.1. The van der Waals surface area contributed by atoms with E-state index in [0.29, 0.717) is 21.8 Å². The molecule has 0 atom stereocenters. The summed E-state index contributed by atoms with van der Waals surface area (Å²) < 4.78 is 25.0. The van der Waals surface area contributed by atoms with Crippen LogP contribution >= 0.6 is 15.9 Å². The first-order chi connectivity index (χ1) is 13.5. The fourth-order valence-electron chi connectivity index (χ4n) is 2.68. The Morgan fingerprint density at radius 1 is 1.11 bits per heavy atom. The van der Waals surface area contributed by atoms with Gasteiger partial charge in [-0.3, -0.25) is 4.79 Å². The highest BCUT2D eigenvalue weighted by atomic mass is 79.9. The molecule has 0 spiro atoms. The molecule has 3 aromatic rings. The van der Waals surface area contributed by atoms with Crippen molar-refractivity contribution in [3.8, 4) is 17.4 Å². The molecule has 0 aliphatic rings. The lowest BCUT2D eigenvalue weighted by atomic mass is 10.1. The van der Waals surface area contributed by atoms with Gasteiger partial charge in [0.2, 0.25) is 11.8 Å². The first kappa shape index (κ1) is 19.8. The maximum absolute atomic E-state index is 13.2. The summed E-state index contributed by atoms with van der Waals surface area (Å²) in [6, 6.07) is 16.5. The van der Waals surface area contributed by atoms with Gasteiger partial charge in [0.15, 0.2) is 0 Å². The van der Waals surface area contributed by atoms with Gasteiger partial charge in [-0.05, 0) is 58.4 Å². The van der Waals surface area contributed by atoms with Gasteiger partial charge in [-0.15, -0.1) is 0 Å². The van der Waals surface area contributed by atoms with Crippen molar-refractivity contribution in [2.45, 2.75) is 13.5 Å². The number of para-hydroxylation sites is 1. The predicted molar refractivity (Wildman–Crippen MR) is 108 cm³/mol. The van der Waals surface area contributed by atoms with Crippen LogP contribution in [0.1, 0.15) is 12.5 Å². The van der Waals surface area contributed by atoms with Gasteiger partial charge in [0.1, 0.15) is 27.6 Å². The minimum Gasteiger partial charge on any atom is -0.496 e. The Hall–Kier alpha value is -2.93. The molecule has 28 heavy (non-hydrogen) atoms. The number of amides is 1. The average Bonchev–Trinajstić information content (AvgIpc) is 2.68. The van der Waals surface area contributed by atoms with Crippen molar-refractivity contribution in [1.29, 1.82) is 0 Å². The van der Waals surface area contributed by atoms with Crippen molar-refractivity contribution >= 4 is 27.5 Å². The summed E-state index contributed by atoms with van der Waals surface area (Å²) in [5.74, 6) is 0.773. The van der Waals surface area contributed by atoms with Crippen molar-refractivity contribution in [3.63, 3.8) is 0 Å². The van der Waals surface area contributed by atoms with Crippen molar-refractivity contribution < 1.29 is 18.7 Å². The van der Waals surface area contributed by atoms with E-state index in [0.717, 1.165) is 5.56 Å². The fourth-order valence-corrected chi connectivity index (χ4v) is 2.97. The number of hydrogen-bond donors (Lipinski definition) is 0. The van der Waals surface area contributed by atoms with E-state index in [4.69, 9.17) is 9.47 Å². The maximum Gasteiger partial charge on any atom is 0.244 e. The van der Waals surface area contributed by atoms with E-state index in [9.17, 15) is 9.18 Å². The van der Waals surface area contributed by atoms with Crippen molar-refractivity contribution in [3.05, 3.63) is 76.6 Å². The molecule has 2 aromatic carbocycles. The summed E-state index contributed by atoms with van der Waals surface area (Å²) in [4.78, 5) is 18.3. The Balaban J connectivity index is 1.98. The van der Waals surface area contributed by atoms with Crippen LogP contribution in [0, 0.1) is 5.82 Å². The molecule has 0 aliphatic carbocycles. The molecule has 0 fully saturated rings. The molecule has 0 radical (unpaired) electrons. The second kappa shape index (κ2) is 8.84. The topological polar surface area (TPSA) is 51.7 Å². The lowest BCUT2D eigenvalue weighted by Crippen LogP contribution is -2.28. The molecule has 1 heterocycles. The number of carbonyl (C=O) groups is 1. The predicted octanol–water partition coefficient (Wildman–Crippen LogP) is 5.34. The summed E-state index contributed by atoms with van der Waals surface area (Å²) in [6.07, 6.45) is 0. The van der Waals surface area contributed by atoms with Crippen LogP contribution in [-0.2, 0) is 11.3 Å². The third-order valence-corrected chi connectivity index (χ3v) is 4.47. The third kappa shape index (κ3) is 4.67. The number of benzene rings is 2. The van der Waals surface area contributed by atoms with E-state index in [-0.39, 0.29) is 24.1 Å². The van der Waals surface area contributed by atoms with E-state index in [1.807, 2.05) is 24.3 Å². The van der Waals surface area contributed by atoms with E-state index in [2.05, 4.69) is 20.9 Å². The molecule has 1 aromatic heterocycles. The normalized spacial score (nSPS) is 10.4. The van der Waals surface area contributed by atoms with Crippen LogP contribution in [0.15, 0.2) is 65.3 Å². The van der Waals surface area contributed by atoms with Crippen LogP contribution in [0.4, 0.5) is 10.1 Å². The molecule has 5 nitrogen and oxygen atoms in total. The van der Waals surface area contributed by atoms with Gasteiger partial charge in [0.25, 0.3) is 0 Å². The molecule has 144 valence electrons. The Morgan fingerprint density at radius 2 is 1.82 bits per heavy atom. The molecule has 0 saturated heterocycles. The summed E-state index contributed by atoms with van der Waals surface area (Å²) in [6.45, 7) is 1.75. The molecule has 0 unspecified atom stereocenters. The smallest absolute Gasteiger partial charge is 0.244 e. The lowest BCUT2D eigenvalue weighted by Gasteiger charge is -2.24. The number of hydrogen-bond acceptors (Lipinski definition) is 4. The number of pyridine rings is 1. The van der Waals surface area contributed by atoms with E-state index in [1.54, 1.807) is 24.1 Å². The van der Waals surface area contributed by atoms with Gasteiger partial charge in [-0.25, -0.2) is 9.37 Å². The average molecular weight is 445 g/mol. The van der Waals surface area contributed by atoms with Crippen LogP contribution in [0.5, 0.6) is 17.4 Å². The van der Waals surface area contributed by atoms with Gasteiger partial charge >= 0.3 is 0 Å². The zero-order valence-electron chi connectivity index (χ0n) is 15.4. The molecule has 0 bridgehead atoms. The van der Waals surface area contributed by atoms with Crippen LogP contribution < -0.4 is 14.4 Å². The standard InChI is InChI=1S/C21H18BrFN2O3/c1-14(26)25(13-15-5-3-4-6-19(15)27-2)18-11-12-20(22)24-21(18)28-17-9-7-16(23)8-10-17/h3-12H,13H2,1-2H3.